The SMILES string of the molecule is CCCCCCCCCC/C=C/CCCCCCCCCCCC1=NC=C[N+]1(CCN)CC(=O)O. The second-order valence-electron chi connectivity index (χ2n) is 10.4. The predicted octanol–water partition coefficient (Wildman–Crippen LogP) is 8.11. The lowest BCUT2D eigenvalue weighted by Crippen LogP contribution is -2.52. The smallest absolute Gasteiger partial charge is 0.360 e. The summed E-state index contributed by atoms with van der Waals surface area (Å²) in [6.07, 6.45) is 34.7. The van der Waals surface area contributed by atoms with Crippen molar-refractivity contribution in [1.29, 1.82) is 0 Å². The molecule has 0 bridgehead atoms. The van der Waals surface area contributed by atoms with Crippen molar-refractivity contribution in [2.24, 2.45) is 10.7 Å². The average molecular weight is 491 g/mol. The standard InChI is InChI=1S/C30H55N3O2/c1-2-3-4-5-6-7-8-9-10-11-12-13-14-15-16-17-18-19-20-21-22-23-29-32-25-27-33(29,26-24-31)28-30(34)35/h11-12,25,27H,2-10,13-24,26,28,31H2,1H3/p+1/b12-11+. The Hall–Kier alpha value is -1.46. The molecule has 0 saturated heterocycles. The summed E-state index contributed by atoms with van der Waals surface area (Å²) in [5, 5.41) is 9.28. The number of nitrogens with two attached hydrogens (primary N) is 1. The number of hydrogen-bond acceptors (Lipinski definition) is 3. The van der Waals surface area contributed by atoms with E-state index in [1.807, 2.05) is 6.20 Å². The number of carboxylic acids is 1. The van der Waals surface area contributed by atoms with Crippen molar-refractivity contribution in [3.63, 3.8) is 0 Å². The number of carbonyl (C=O) groups is 1. The maximum absolute atomic E-state index is 11.3. The Morgan fingerprint density at radius 2 is 1.31 bits per heavy atom. The molecule has 1 atom stereocenters. The van der Waals surface area contributed by atoms with Crippen LogP contribution in [0.15, 0.2) is 29.5 Å². The van der Waals surface area contributed by atoms with Crippen LogP contribution < -0.4 is 5.73 Å². The van der Waals surface area contributed by atoms with Crippen molar-refractivity contribution in [3.05, 3.63) is 24.6 Å². The molecule has 0 fully saturated rings. The molecule has 0 amide bonds. The van der Waals surface area contributed by atoms with Crippen molar-refractivity contribution < 1.29 is 14.4 Å². The average Bonchev–Trinajstić information content (AvgIpc) is 3.21. The van der Waals surface area contributed by atoms with Gasteiger partial charge in [0.05, 0.1) is 6.20 Å². The molecule has 35 heavy (non-hydrogen) atoms. The van der Waals surface area contributed by atoms with Crippen molar-refractivity contribution >= 4 is 11.8 Å². The molecule has 0 spiro atoms. The normalized spacial score (nSPS) is 17.5. The number of hydrogen-bond donors (Lipinski definition) is 2. The molecule has 0 aromatic rings. The molecule has 0 radical (unpaired) electrons. The molecule has 0 aromatic heterocycles. The first-order valence-corrected chi connectivity index (χ1v) is 14.8. The molecule has 0 aromatic carbocycles. The number of unbranched alkanes of at least 4 members (excludes halogenated alkanes) is 17. The molecule has 1 aliphatic heterocycles. The fourth-order valence-electron chi connectivity index (χ4n) is 5.05. The number of quaternary nitrogens is 1. The van der Waals surface area contributed by atoms with Crippen LogP contribution in [0.5, 0.6) is 0 Å². The first-order valence-electron chi connectivity index (χ1n) is 14.8. The van der Waals surface area contributed by atoms with E-state index in [4.69, 9.17) is 5.73 Å². The number of aliphatic imine (C=N–C) groups is 1. The number of amidine groups is 1. The Balaban J connectivity index is 1.89. The van der Waals surface area contributed by atoms with Crippen molar-refractivity contribution in [2.75, 3.05) is 19.6 Å². The fourth-order valence-corrected chi connectivity index (χ4v) is 5.05. The highest BCUT2D eigenvalue weighted by Gasteiger charge is 2.36. The molecule has 5 heteroatoms. The van der Waals surface area contributed by atoms with Gasteiger partial charge in [-0.1, -0.05) is 109 Å². The fraction of sp³-hybridized carbons (Fsp3) is 0.800. The molecule has 202 valence electrons. The lowest BCUT2D eigenvalue weighted by molar-refractivity contribution is -0.778. The van der Waals surface area contributed by atoms with E-state index in [-0.39, 0.29) is 6.54 Å². The molecule has 0 aliphatic carbocycles. The van der Waals surface area contributed by atoms with Gasteiger partial charge < -0.3 is 10.8 Å². The quantitative estimate of drug-likeness (QED) is 0.0771. The summed E-state index contributed by atoms with van der Waals surface area (Å²) in [7, 11) is 0. The number of carboxylic acid groups (broad SMARTS) is 1. The Bertz CT molecular complexity index is 615. The third-order valence-electron chi connectivity index (χ3n) is 7.20. The van der Waals surface area contributed by atoms with Crippen LogP contribution >= 0.6 is 0 Å². The van der Waals surface area contributed by atoms with E-state index >= 15 is 0 Å². The zero-order valence-electron chi connectivity index (χ0n) is 22.9. The molecule has 1 aliphatic rings. The van der Waals surface area contributed by atoms with Crippen LogP contribution in [-0.4, -0.2) is 41.0 Å². The van der Waals surface area contributed by atoms with E-state index in [0.29, 0.717) is 17.6 Å². The lowest BCUT2D eigenvalue weighted by atomic mass is 10.0. The second kappa shape index (κ2) is 21.8. The Morgan fingerprint density at radius 3 is 1.80 bits per heavy atom. The van der Waals surface area contributed by atoms with Gasteiger partial charge in [0.25, 0.3) is 0 Å². The highest BCUT2D eigenvalue weighted by molar-refractivity contribution is 5.81. The van der Waals surface area contributed by atoms with Gasteiger partial charge >= 0.3 is 5.97 Å². The minimum absolute atomic E-state index is 0.0432. The van der Waals surface area contributed by atoms with E-state index in [1.165, 1.54) is 116 Å². The van der Waals surface area contributed by atoms with Crippen LogP contribution in [0.1, 0.15) is 135 Å². The van der Waals surface area contributed by atoms with Crippen LogP contribution in [0, 0.1) is 0 Å². The first-order chi connectivity index (χ1) is 17.1. The first kappa shape index (κ1) is 31.6. The lowest BCUT2D eigenvalue weighted by Gasteiger charge is -2.30. The minimum Gasteiger partial charge on any atom is -0.477 e. The van der Waals surface area contributed by atoms with E-state index in [0.717, 1.165) is 18.7 Å². The summed E-state index contributed by atoms with van der Waals surface area (Å²) in [5.41, 5.74) is 5.74. The van der Waals surface area contributed by atoms with Gasteiger partial charge in [-0.25, -0.2) is 14.3 Å². The highest BCUT2D eigenvalue weighted by atomic mass is 16.4. The van der Waals surface area contributed by atoms with Crippen LogP contribution in [0.3, 0.4) is 0 Å². The monoisotopic (exact) mass is 490 g/mol. The van der Waals surface area contributed by atoms with Gasteiger partial charge in [0.1, 0.15) is 12.7 Å². The molecule has 1 unspecified atom stereocenters. The van der Waals surface area contributed by atoms with Crippen LogP contribution in [0.4, 0.5) is 0 Å². The number of nitrogens with zero attached hydrogens (tertiary/aromatic N) is 2. The maximum atomic E-state index is 11.3. The second-order valence-corrected chi connectivity index (χ2v) is 10.4. The van der Waals surface area contributed by atoms with Crippen LogP contribution in [0.2, 0.25) is 0 Å². The van der Waals surface area contributed by atoms with E-state index in [9.17, 15) is 9.90 Å². The van der Waals surface area contributed by atoms with Crippen LogP contribution in [0.25, 0.3) is 0 Å². The van der Waals surface area contributed by atoms with Crippen molar-refractivity contribution in [1.82, 2.24) is 0 Å². The van der Waals surface area contributed by atoms with Gasteiger partial charge in [0, 0.05) is 13.0 Å². The third kappa shape index (κ3) is 16.0. The van der Waals surface area contributed by atoms with Gasteiger partial charge in [0.2, 0.25) is 5.84 Å². The van der Waals surface area contributed by atoms with Gasteiger partial charge in [-0.3, -0.25) is 0 Å². The summed E-state index contributed by atoms with van der Waals surface area (Å²) in [5.74, 6) is 0.164. The van der Waals surface area contributed by atoms with E-state index in [2.05, 4.69) is 24.1 Å². The largest absolute Gasteiger partial charge is 0.477 e. The minimum atomic E-state index is -0.799. The number of aliphatic carboxylic acids is 1. The van der Waals surface area contributed by atoms with Crippen LogP contribution in [-0.2, 0) is 4.79 Å². The summed E-state index contributed by atoms with van der Waals surface area (Å²) in [6, 6.07) is 0. The van der Waals surface area contributed by atoms with E-state index < -0.39 is 5.97 Å². The Morgan fingerprint density at radius 1 is 0.829 bits per heavy atom. The molecule has 0 saturated carbocycles. The summed E-state index contributed by atoms with van der Waals surface area (Å²) >= 11 is 0. The zero-order chi connectivity index (χ0) is 25.5. The molecular formula is C30H56N3O2+. The third-order valence-corrected chi connectivity index (χ3v) is 7.20. The summed E-state index contributed by atoms with van der Waals surface area (Å²) in [4.78, 5) is 15.8. The van der Waals surface area contributed by atoms with Crippen molar-refractivity contribution in [2.45, 2.75) is 135 Å². The predicted molar refractivity (Wildman–Crippen MR) is 150 cm³/mol. The molecular weight excluding hydrogens is 434 g/mol. The molecule has 3 N–H and O–H groups in total. The molecule has 1 heterocycles. The zero-order valence-corrected chi connectivity index (χ0v) is 22.9. The van der Waals surface area contributed by atoms with E-state index in [1.54, 1.807) is 6.20 Å². The van der Waals surface area contributed by atoms with Gasteiger partial charge in [0.15, 0.2) is 6.54 Å². The topological polar surface area (TPSA) is 75.7 Å². The molecule has 1 rings (SSSR count). The van der Waals surface area contributed by atoms with Gasteiger partial charge in [-0.2, -0.15) is 0 Å². The number of rotatable bonds is 25. The van der Waals surface area contributed by atoms with Crippen molar-refractivity contribution in [3.8, 4) is 0 Å². The van der Waals surface area contributed by atoms with Gasteiger partial charge in [-0.05, 0) is 32.1 Å². The highest BCUT2D eigenvalue weighted by Crippen LogP contribution is 2.21. The van der Waals surface area contributed by atoms with Gasteiger partial charge in [-0.15, -0.1) is 0 Å². The Kier molecular flexibility index (Phi) is 19.7. The Labute approximate surface area is 216 Å². The summed E-state index contributed by atoms with van der Waals surface area (Å²) < 4.78 is 0.306. The molecule has 5 nitrogen and oxygen atoms in total. The maximum Gasteiger partial charge on any atom is 0.360 e. The summed E-state index contributed by atoms with van der Waals surface area (Å²) in [6.45, 7) is 3.40. The number of allylic oxidation sites excluding steroid dienone is 2.